The minimum atomic E-state index is 0.133. The van der Waals surface area contributed by atoms with Gasteiger partial charge < -0.3 is 4.90 Å². The van der Waals surface area contributed by atoms with Gasteiger partial charge in [0, 0.05) is 27.9 Å². The third kappa shape index (κ3) is 5.44. The van der Waals surface area contributed by atoms with Crippen LogP contribution in [-0.4, -0.2) is 0 Å². The van der Waals surface area contributed by atoms with Crippen molar-refractivity contribution in [3.63, 3.8) is 0 Å². The predicted octanol–water partition coefficient (Wildman–Crippen LogP) is 17.2. The summed E-state index contributed by atoms with van der Waals surface area (Å²) in [6.07, 6.45) is 14.3. The lowest BCUT2D eigenvalue weighted by atomic mass is 9.43. The molecular formula is C66H63N. The average molecular weight is 870 g/mol. The average Bonchev–Trinajstić information content (AvgIpc) is 3.80. The van der Waals surface area contributed by atoms with Crippen LogP contribution in [0.4, 0.5) is 17.1 Å². The molecule has 10 aliphatic carbocycles. The van der Waals surface area contributed by atoms with E-state index in [-0.39, 0.29) is 16.2 Å². The summed E-state index contributed by atoms with van der Waals surface area (Å²) in [6, 6.07) is 62.4. The summed E-state index contributed by atoms with van der Waals surface area (Å²) < 4.78 is 0. The standard InChI is InChI=1S/C66H63N/c1-64(2,3)48-19-12-44(13-20-48)45-14-21-53(22-15-45)67(55-25-27-63-59(39-55)57-9-5-7-11-61(57)66(63)51-34-42-29-43(36-51)37-52(66)35-42)54-23-16-46(17-24-54)47-18-26-62-58(38-47)56-8-4-6-10-60(56)65(62)49-30-40-28-41(32-49)33-50(65)31-40/h4-27,38-43,49-52H,28-37H2,1-3H3/t40-,41?,42-,43?,49-,50-,51-,52+,65-,66+/m0/s1. The van der Waals surface area contributed by atoms with Crippen molar-refractivity contribution in [2.45, 2.75) is 101 Å². The first kappa shape index (κ1) is 39.3. The van der Waals surface area contributed by atoms with Gasteiger partial charge in [0.15, 0.2) is 0 Å². The van der Waals surface area contributed by atoms with E-state index in [1.54, 1.807) is 22.3 Å². The zero-order chi connectivity index (χ0) is 44.4. The van der Waals surface area contributed by atoms with Gasteiger partial charge in [-0.25, -0.2) is 0 Å². The quantitative estimate of drug-likeness (QED) is 0.167. The lowest BCUT2D eigenvalue weighted by molar-refractivity contribution is -0.0399. The summed E-state index contributed by atoms with van der Waals surface area (Å²) in [5, 5.41) is 0. The number of benzene rings is 7. The Morgan fingerprint density at radius 3 is 1.16 bits per heavy atom. The van der Waals surface area contributed by atoms with Crippen LogP contribution in [0.5, 0.6) is 0 Å². The number of anilines is 3. The zero-order valence-corrected chi connectivity index (χ0v) is 39.6. The predicted molar refractivity (Wildman–Crippen MR) is 277 cm³/mol. The number of fused-ring (bicyclic) bond motifs is 6. The molecule has 10 aliphatic rings. The smallest absolute Gasteiger partial charge is 0.0468 e. The molecular weight excluding hydrogens is 807 g/mol. The summed E-state index contributed by atoms with van der Waals surface area (Å²) in [5.41, 5.74) is 23.1. The Kier molecular flexibility index (Phi) is 8.20. The highest BCUT2D eigenvalue weighted by molar-refractivity contribution is 5.89. The lowest BCUT2D eigenvalue weighted by Gasteiger charge is -2.61. The van der Waals surface area contributed by atoms with Crippen LogP contribution in [0.1, 0.15) is 113 Å². The topological polar surface area (TPSA) is 3.24 Å². The molecule has 332 valence electrons. The number of rotatable bonds is 5. The third-order valence-corrected chi connectivity index (χ3v) is 20.0. The fraction of sp³-hybridized carbons (Fsp3) is 0.364. The van der Waals surface area contributed by atoms with E-state index < -0.39 is 0 Å². The van der Waals surface area contributed by atoms with Crippen LogP contribution in [0.2, 0.25) is 0 Å². The summed E-state index contributed by atoms with van der Waals surface area (Å²) in [5.74, 6) is 6.88. The van der Waals surface area contributed by atoms with E-state index in [2.05, 4.69) is 183 Å². The van der Waals surface area contributed by atoms with E-state index >= 15 is 0 Å². The minimum absolute atomic E-state index is 0.133. The van der Waals surface area contributed by atoms with Crippen molar-refractivity contribution in [1.82, 2.24) is 0 Å². The van der Waals surface area contributed by atoms with E-state index in [1.807, 2.05) is 0 Å². The van der Waals surface area contributed by atoms with Crippen LogP contribution in [-0.2, 0) is 16.2 Å². The van der Waals surface area contributed by atoms with E-state index in [0.717, 1.165) is 47.3 Å². The molecule has 8 saturated carbocycles. The highest BCUT2D eigenvalue weighted by Gasteiger charge is 2.63. The number of nitrogens with zero attached hydrogens (tertiary/aromatic N) is 1. The SMILES string of the molecule is CC(C)(C)c1ccc(-c2ccc(N(c3ccc(-c4ccc5c(c4)-c4ccccc4[C@]54[C@@H]5CC6C[C@H](C5)C[C@H]4C6)cc3)c3ccc4c(c3)-c3ccccc3[C@]43[C@@H]4CC5C[C@@H](C4)C[C@@H]3C5)cc2)cc1. The molecule has 0 saturated heterocycles. The zero-order valence-electron chi connectivity index (χ0n) is 39.6. The highest BCUT2D eigenvalue weighted by Crippen LogP contribution is 2.71. The summed E-state index contributed by atoms with van der Waals surface area (Å²) in [7, 11) is 0. The summed E-state index contributed by atoms with van der Waals surface area (Å²) in [4.78, 5) is 2.52. The second-order valence-corrected chi connectivity index (χ2v) is 24.2. The van der Waals surface area contributed by atoms with Crippen LogP contribution in [0.15, 0.2) is 158 Å². The van der Waals surface area contributed by atoms with Crippen molar-refractivity contribution in [2.24, 2.45) is 47.3 Å². The molecule has 1 heteroatoms. The molecule has 2 spiro atoms. The maximum absolute atomic E-state index is 2.58. The normalized spacial score (nSPS) is 30.7. The van der Waals surface area contributed by atoms with Gasteiger partial charge in [0.2, 0.25) is 0 Å². The van der Waals surface area contributed by atoms with Crippen LogP contribution >= 0.6 is 0 Å². The minimum Gasteiger partial charge on any atom is -0.310 e. The maximum atomic E-state index is 2.58. The van der Waals surface area contributed by atoms with Crippen molar-refractivity contribution in [3.8, 4) is 44.5 Å². The van der Waals surface area contributed by atoms with Gasteiger partial charge in [-0.15, -0.1) is 0 Å². The highest BCUT2D eigenvalue weighted by atomic mass is 15.1. The molecule has 0 N–H and O–H groups in total. The van der Waals surface area contributed by atoms with Gasteiger partial charge in [0.05, 0.1) is 0 Å². The first-order chi connectivity index (χ1) is 32.7. The van der Waals surface area contributed by atoms with Gasteiger partial charge >= 0.3 is 0 Å². The number of hydrogen-bond acceptors (Lipinski definition) is 1. The third-order valence-electron chi connectivity index (χ3n) is 20.0. The molecule has 17 rings (SSSR count). The second-order valence-electron chi connectivity index (χ2n) is 24.2. The van der Waals surface area contributed by atoms with Crippen molar-refractivity contribution < 1.29 is 0 Å². The van der Waals surface area contributed by atoms with Crippen LogP contribution < -0.4 is 4.90 Å². The Labute approximate surface area is 398 Å². The van der Waals surface area contributed by atoms with Crippen LogP contribution in [0.25, 0.3) is 44.5 Å². The molecule has 0 amide bonds. The first-order valence-corrected chi connectivity index (χ1v) is 26.3. The summed E-state index contributed by atoms with van der Waals surface area (Å²) in [6.45, 7) is 6.88. The van der Waals surface area contributed by atoms with Crippen molar-refractivity contribution in [2.75, 3.05) is 4.90 Å². The molecule has 1 nitrogen and oxygen atoms in total. The monoisotopic (exact) mass is 869 g/mol. The molecule has 8 bridgehead atoms. The largest absolute Gasteiger partial charge is 0.310 e. The van der Waals surface area contributed by atoms with E-state index in [4.69, 9.17) is 0 Å². The molecule has 0 aromatic heterocycles. The Hall–Kier alpha value is -5.66. The molecule has 0 unspecified atom stereocenters. The Morgan fingerprint density at radius 2 is 0.701 bits per heavy atom. The van der Waals surface area contributed by atoms with Crippen LogP contribution in [0, 0.1) is 47.3 Å². The Morgan fingerprint density at radius 1 is 0.343 bits per heavy atom. The van der Waals surface area contributed by atoms with Gasteiger partial charge in [-0.2, -0.15) is 0 Å². The number of hydrogen-bond donors (Lipinski definition) is 0. The molecule has 7 aromatic carbocycles. The molecule has 67 heavy (non-hydrogen) atoms. The molecule has 0 radical (unpaired) electrons. The van der Waals surface area contributed by atoms with Crippen molar-refractivity contribution in [1.29, 1.82) is 0 Å². The maximum Gasteiger partial charge on any atom is 0.0468 e. The Bertz CT molecular complexity index is 3070. The van der Waals surface area contributed by atoms with Gasteiger partial charge in [-0.05, 0) is 232 Å². The molecule has 0 aliphatic heterocycles. The van der Waals surface area contributed by atoms with Gasteiger partial charge in [-0.1, -0.05) is 136 Å². The van der Waals surface area contributed by atoms with Gasteiger partial charge in [0.25, 0.3) is 0 Å². The fourth-order valence-electron chi connectivity index (χ4n) is 17.8. The fourth-order valence-corrected chi connectivity index (χ4v) is 17.8. The molecule has 8 fully saturated rings. The first-order valence-electron chi connectivity index (χ1n) is 26.3. The van der Waals surface area contributed by atoms with Gasteiger partial charge in [-0.3, -0.25) is 0 Å². The van der Waals surface area contributed by atoms with E-state index in [0.29, 0.717) is 0 Å². The van der Waals surface area contributed by atoms with Crippen molar-refractivity contribution in [3.05, 3.63) is 186 Å². The molecule has 7 aromatic rings. The van der Waals surface area contributed by atoms with E-state index in [1.165, 1.54) is 131 Å². The molecule has 0 heterocycles. The summed E-state index contributed by atoms with van der Waals surface area (Å²) >= 11 is 0. The Balaban J connectivity index is 0.827. The van der Waals surface area contributed by atoms with Crippen LogP contribution in [0.3, 0.4) is 0 Å². The van der Waals surface area contributed by atoms with E-state index in [9.17, 15) is 0 Å². The van der Waals surface area contributed by atoms with Gasteiger partial charge in [0.1, 0.15) is 0 Å². The lowest BCUT2D eigenvalue weighted by Crippen LogP contribution is -2.55. The molecule has 0 atom stereocenters. The second kappa shape index (κ2) is 14.0. The van der Waals surface area contributed by atoms with Crippen molar-refractivity contribution >= 4 is 17.1 Å².